The number of carbonyl (C=O) groups is 1. The zero-order valence-corrected chi connectivity index (χ0v) is 11.6. The summed E-state index contributed by atoms with van der Waals surface area (Å²) in [6.45, 7) is 4.20. The minimum Gasteiger partial charge on any atom is -0.480 e. The third-order valence-electron chi connectivity index (χ3n) is 2.75. The maximum atomic E-state index is 13.3. The summed E-state index contributed by atoms with van der Waals surface area (Å²) in [6.07, 6.45) is 3.64. The van der Waals surface area contributed by atoms with Crippen LogP contribution in [-0.2, 0) is 4.79 Å². The molecule has 5 heteroatoms. The molecule has 0 heterocycles. The molecule has 1 unspecified atom stereocenters. The molecule has 0 spiro atoms. The normalized spacial score (nSPS) is 13.1. The zero-order valence-electron chi connectivity index (χ0n) is 11.6. The molecule has 0 aliphatic carbocycles. The number of benzene rings is 1. The number of nitrogens with one attached hydrogen (secondary N) is 1. The van der Waals surface area contributed by atoms with Gasteiger partial charge in [-0.3, -0.25) is 4.79 Å². The summed E-state index contributed by atoms with van der Waals surface area (Å²) in [5.74, 6) is -1.90. The number of halogens is 2. The minimum atomic E-state index is -0.903. The Bertz CT molecular complexity index is 487. The summed E-state index contributed by atoms with van der Waals surface area (Å²) in [7, 11) is 0. The van der Waals surface area contributed by atoms with Crippen molar-refractivity contribution in [1.29, 1.82) is 0 Å². The molecule has 0 saturated carbocycles. The lowest BCUT2D eigenvalue weighted by atomic mass is 10.0. The molecular weight excluding hydrogens is 264 g/mol. The molecule has 0 saturated heterocycles. The van der Waals surface area contributed by atoms with Gasteiger partial charge in [-0.15, -0.1) is 0 Å². The van der Waals surface area contributed by atoms with E-state index >= 15 is 0 Å². The predicted molar refractivity (Wildman–Crippen MR) is 74.3 cm³/mol. The van der Waals surface area contributed by atoms with E-state index in [1.165, 1.54) is 18.2 Å². The third kappa shape index (κ3) is 5.48. The molecule has 1 aromatic carbocycles. The highest BCUT2D eigenvalue weighted by Gasteiger charge is 2.16. The van der Waals surface area contributed by atoms with Crippen LogP contribution in [-0.4, -0.2) is 23.7 Å². The number of hydrogen-bond acceptors (Lipinski definition) is 2. The quantitative estimate of drug-likeness (QED) is 0.808. The van der Waals surface area contributed by atoms with Crippen LogP contribution >= 0.6 is 0 Å². The molecule has 0 fully saturated rings. The van der Waals surface area contributed by atoms with E-state index in [1.54, 1.807) is 6.08 Å². The van der Waals surface area contributed by atoms with Crippen LogP contribution < -0.4 is 5.32 Å². The molecule has 1 aromatic rings. The summed E-state index contributed by atoms with van der Waals surface area (Å²) in [4.78, 5) is 11.0. The summed E-state index contributed by atoms with van der Waals surface area (Å²) in [5, 5.41) is 11.9. The average Bonchev–Trinajstić information content (AvgIpc) is 2.34. The highest BCUT2D eigenvalue weighted by atomic mass is 19.1. The molecule has 3 nitrogen and oxygen atoms in total. The summed E-state index contributed by atoms with van der Waals surface area (Å²) in [5.41, 5.74) is 0.268. The molecule has 1 atom stereocenters. The summed E-state index contributed by atoms with van der Waals surface area (Å²) in [6, 6.07) is 2.70. The number of aliphatic carboxylic acids is 1. The van der Waals surface area contributed by atoms with Crippen molar-refractivity contribution < 1.29 is 18.7 Å². The largest absolute Gasteiger partial charge is 0.480 e. The lowest BCUT2D eigenvalue weighted by molar-refractivity contribution is -0.139. The van der Waals surface area contributed by atoms with E-state index in [-0.39, 0.29) is 11.5 Å². The number of rotatable bonds is 7. The van der Waals surface area contributed by atoms with E-state index in [4.69, 9.17) is 5.11 Å². The molecular formula is C15H19F2NO2. The van der Waals surface area contributed by atoms with Gasteiger partial charge in [0.05, 0.1) is 0 Å². The average molecular weight is 283 g/mol. The van der Waals surface area contributed by atoms with Crippen LogP contribution in [0.15, 0.2) is 24.3 Å². The smallest absolute Gasteiger partial charge is 0.320 e. The first-order valence-corrected chi connectivity index (χ1v) is 6.48. The van der Waals surface area contributed by atoms with E-state index in [0.717, 1.165) is 6.07 Å². The van der Waals surface area contributed by atoms with Crippen molar-refractivity contribution in [2.24, 2.45) is 5.92 Å². The monoisotopic (exact) mass is 283 g/mol. The predicted octanol–water partition coefficient (Wildman–Crippen LogP) is 3.07. The zero-order chi connectivity index (χ0) is 15.1. The van der Waals surface area contributed by atoms with Crippen LogP contribution in [0.5, 0.6) is 0 Å². The Morgan fingerprint density at radius 1 is 1.40 bits per heavy atom. The SMILES string of the molecule is CC(C)CC(NC/C=C/c1ccc(F)cc1F)C(=O)O. The molecule has 0 aliphatic heterocycles. The number of carboxylic acids is 1. The molecule has 2 N–H and O–H groups in total. The second-order valence-electron chi connectivity index (χ2n) is 5.00. The summed E-state index contributed by atoms with van der Waals surface area (Å²) >= 11 is 0. The summed E-state index contributed by atoms with van der Waals surface area (Å²) < 4.78 is 26.0. The van der Waals surface area contributed by atoms with Gasteiger partial charge < -0.3 is 10.4 Å². The molecule has 0 aromatic heterocycles. The van der Waals surface area contributed by atoms with Gasteiger partial charge in [0.25, 0.3) is 0 Å². The van der Waals surface area contributed by atoms with Gasteiger partial charge in [-0.05, 0) is 24.5 Å². The van der Waals surface area contributed by atoms with Crippen molar-refractivity contribution in [3.05, 3.63) is 41.5 Å². The van der Waals surface area contributed by atoms with Gasteiger partial charge in [-0.25, -0.2) is 8.78 Å². The highest BCUT2D eigenvalue weighted by molar-refractivity contribution is 5.73. The van der Waals surface area contributed by atoms with Crippen LogP contribution in [0, 0.1) is 17.6 Å². The van der Waals surface area contributed by atoms with Crippen molar-refractivity contribution in [2.45, 2.75) is 26.3 Å². The fourth-order valence-electron chi connectivity index (χ4n) is 1.78. The van der Waals surface area contributed by atoms with Crippen molar-refractivity contribution >= 4 is 12.0 Å². The van der Waals surface area contributed by atoms with Crippen molar-refractivity contribution in [3.8, 4) is 0 Å². The van der Waals surface area contributed by atoms with Crippen molar-refractivity contribution in [3.63, 3.8) is 0 Å². The molecule has 0 amide bonds. The van der Waals surface area contributed by atoms with Crippen molar-refractivity contribution in [1.82, 2.24) is 5.32 Å². The lowest BCUT2D eigenvalue weighted by Crippen LogP contribution is -2.37. The Hall–Kier alpha value is -1.75. The van der Waals surface area contributed by atoms with Gasteiger partial charge in [0.15, 0.2) is 0 Å². The number of carboxylic acid groups (broad SMARTS) is 1. The second kappa shape index (κ2) is 7.75. The van der Waals surface area contributed by atoms with Crippen molar-refractivity contribution in [2.75, 3.05) is 6.54 Å². The fraction of sp³-hybridized carbons (Fsp3) is 0.400. The van der Waals surface area contributed by atoms with Gasteiger partial charge >= 0.3 is 5.97 Å². The van der Waals surface area contributed by atoms with E-state index in [0.29, 0.717) is 13.0 Å². The Kier molecular flexibility index (Phi) is 6.31. The van der Waals surface area contributed by atoms with Gasteiger partial charge in [-0.1, -0.05) is 26.0 Å². The van der Waals surface area contributed by atoms with Crippen LogP contribution in [0.3, 0.4) is 0 Å². The van der Waals surface area contributed by atoms with Gasteiger partial charge in [0.1, 0.15) is 17.7 Å². The second-order valence-corrected chi connectivity index (χ2v) is 5.00. The minimum absolute atomic E-state index is 0.266. The van der Waals surface area contributed by atoms with E-state index in [2.05, 4.69) is 5.32 Å². The molecule has 0 radical (unpaired) electrons. The molecule has 1 rings (SSSR count). The molecule has 110 valence electrons. The molecule has 20 heavy (non-hydrogen) atoms. The first kappa shape index (κ1) is 16.3. The standard InChI is InChI=1S/C15H19F2NO2/c1-10(2)8-14(15(19)20)18-7-3-4-11-5-6-12(16)9-13(11)17/h3-6,9-10,14,18H,7-8H2,1-2H3,(H,19,20)/b4-3+. The van der Waals surface area contributed by atoms with E-state index < -0.39 is 23.6 Å². The Morgan fingerprint density at radius 2 is 2.10 bits per heavy atom. The maximum absolute atomic E-state index is 13.3. The third-order valence-corrected chi connectivity index (χ3v) is 2.75. The topological polar surface area (TPSA) is 49.3 Å². The van der Waals surface area contributed by atoms with Gasteiger partial charge in [-0.2, -0.15) is 0 Å². The lowest BCUT2D eigenvalue weighted by Gasteiger charge is -2.15. The van der Waals surface area contributed by atoms with Gasteiger partial charge in [0, 0.05) is 18.2 Å². The van der Waals surface area contributed by atoms with Gasteiger partial charge in [0.2, 0.25) is 0 Å². The Balaban J connectivity index is 2.53. The molecule has 0 bridgehead atoms. The first-order chi connectivity index (χ1) is 9.40. The van der Waals surface area contributed by atoms with Crippen LogP contribution in [0.2, 0.25) is 0 Å². The first-order valence-electron chi connectivity index (χ1n) is 6.48. The number of hydrogen-bond donors (Lipinski definition) is 2. The highest BCUT2D eigenvalue weighted by Crippen LogP contribution is 2.11. The van der Waals surface area contributed by atoms with Crippen LogP contribution in [0.25, 0.3) is 6.08 Å². The maximum Gasteiger partial charge on any atom is 0.320 e. The molecule has 0 aliphatic rings. The van der Waals surface area contributed by atoms with E-state index in [1.807, 2.05) is 13.8 Å². The van der Waals surface area contributed by atoms with E-state index in [9.17, 15) is 13.6 Å². The van der Waals surface area contributed by atoms with Crippen LogP contribution in [0.1, 0.15) is 25.8 Å². The Morgan fingerprint density at radius 3 is 2.65 bits per heavy atom. The van der Waals surface area contributed by atoms with Crippen LogP contribution in [0.4, 0.5) is 8.78 Å². The fourth-order valence-corrected chi connectivity index (χ4v) is 1.78. The Labute approximate surface area is 117 Å².